The number of pyridine rings is 1. The van der Waals surface area contributed by atoms with E-state index in [4.69, 9.17) is 24.5 Å². The quantitative estimate of drug-likeness (QED) is 0.280. The molecule has 1 aromatic carbocycles. The van der Waals surface area contributed by atoms with Gasteiger partial charge in [0.25, 0.3) is 0 Å². The Kier molecular flexibility index (Phi) is 8.45. The second kappa shape index (κ2) is 12.1. The molecule has 1 aliphatic rings. The van der Waals surface area contributed by atoms with Gasteiger partial charge < -0.3 is 24.8 Å². The van der Waals surface area contributed by atoms with Crippen molar-refractivity contribution < 1.29 is 24.2 Å². The molecule has 4 heterocycles. The Bertz CT molecular complexity index is 1630. The number of hydrogen-bond acceptors (Lipinski definition) is 10. The lowest BCUT2D eigenvalue weighted by molar-refractivity contribution is 0.0447. The van der Waals surface area contributed by atoms with Crippen molar-refractivity contribution >= 4 is 40.8 Å². The highest BCUT2D eigenvalue weighted by molar-refractivity contribution is 7.99. The van der Waals surface area contributed by atoms with Crippen molar-refractivity contribution in [2.75, 3.05) is 25.1 Å². The molecule has 0 atom stereocenters. The minimum absolute atomic E-state index is 0.0497. The van der Waals surface area contributed by atoms with Gasteiger partial charge in [-0.2, -0.15) is 5.10 Å². The van der Waals surface area contributed by atoms with Crippen molar-refractivity contribution in [2.45, 2.75) is 68.1 Å². The topological polar surface area (TPSA) is 145 Å². The van der Waals surface area contributed by atoms with Gasteiger partial charge in [-0.05, 0) is 70.4 Å². The van der Waals surface area contributed by atoms with Crippen molar-refractivity contribution in [3.8, 4) is 5.75 Å². The van der Waals surface area contributed by atoms with Crippen molar-refractivity contribution in [3.63, 3.8) is 0 Å². The van der Waals surface area contributed by atoms with E-state index in [0.717, 1.165) is 11.3 Å². The number of benzene rings is 1. The lowest BCUT2D eigenvalue weighted by Gasteiger charge is -2.40. The molecule has 1 amide bonds. The predicted molar refractivity (Wildman–Crippen MR) is 162 cm³/mol. The second-order valence-electron chi connectivity index (χ2n) is 11.6. The molecule has 0 bridgehead atoms. The van der Waals surface area contributed by atoms with Crippen LogP contribution in [0.4, 0.5) is 10.6 Å². The Morgan fingerprint density at radius 3 is 2.49 bits per heavy atom. The number of carboxylic acid groups (broad SMARTS) is 1. The first-order valence-corrected chi connectivity index (χ1v) is 14.7. The molecule has 0 saturated carbocycles. The van der Waals surface area contributed by atoms with E-state index < -0.39 is 23.2 Å². The van der Waals surface area contributed by atoms with Gasteiger partial charge in [0.15, 0.2) is 16.4 Å². The summed E-state index contributed by atoms with van der Waals surface area (Å²) >= 11 is 1.20. The highest BCUT2D eigenvalue weighted by atomic mass is 32.2. The molecule has 226 valence electrons. The molecule has 1 aliphatic heterocycles. The zero-order chi connectivity index (χ0) is 30.8. The van der Waals surface area contributed by atoms with E-state index in [9.17, 15) is 14.7 Å². The van der Waals surface area contributed by atoms with Gasteiger partial charge in [0, 0.05) is 29.7 Å². The molecule has 0 spiro atoms. The van der Waals surface area contributed by atoms with Gasteiger partial charge >= 0.3 is 12.1 Å². The van der Waals surface area contributed by atoms with Crippen LogP contribution >= 0.6 is 11.8 Å². The smallest absolute Gasteiger partial charge is 0.408 e. The van der Waals surface area contributed by atoms with Crippen LogP contribution in [0.2, 0.25) is 0 Å². The number of carbonyl (C=O) groups excluding carboxylic acids is 1. The van der Waals surface area contributed by atoms with Crippen LogP contribution in [0.25, 0.3) is 11.2 Å². The first kappa shape index (κ1) is 30.1. The van der Waals surface area contributed by atoms with E-state index in [0.29, 0.717) is 59.4 Å². The van der Waals surface area contributed by atoms with Crippen LogP contribution in [0.3, 0.4) is 0 Å². The molecule has 3 aromatic heterocycles. The summed E-state index contributed by atoms with van der Waals surface area (Å²) in [5.41, 5.74) is 1.12. The third-order valence-electron chi connectivity index (χ3n) is 7.06. The summed E-state index contributed by atoms with van der Waals surface area (Å²) in [6, 6.07) is 11.1. The Morgan fingerprint density at radius 1 is 1.12 bits per heavy atom. The van der Waals surface area contributed by atoms with Gasteiger partial charge in [0.05, 0.1) is 19.9 Å². The summed E-state index contributed by atoms with van der Waals surface area (Å²) in [5, 5.41) is 18.0. The fraction of sp³-hybridized carbons (Fsp3) is 0.400. The van der Waals surface area contributed by atoms with Gasteiger partial charge in [0.2, 0.25) is 0 Å². The minimum Gasteiger partial charge on any atom is -0.497 e. The zero-order valence-electron chi connectivity index (χ0n) is 24.8. The molecule has 1 fully saturated rings. The third-order valence-corrected chi connectivity index (χ3v) is 8.08. The van der Waals surface area contributed by atoms with Gasteiger partial charge in [-0.25, -0.2) is 29.2 Å². The number of methoxy groups -OCH3 is 1. The number of amides is 1. The van der Waals surface area contributed by atoms with E-state index >= 15 is 0 Å². The number of carboxylic acids is 1. The van der Waals surface area contributed by atoms with E-state index in [1.54, 1.807) is 30.1 Å². The normalized spacial score (nSPS) is 14.9. The number of rotatable bonds is 8. The Balaban J connectivity index is 1.42. The van der Waals surface area contributed by atoms with E-state index in [1.165, 1.54) is 18.0 Å². The number of hydrogen-bond donors (Lipinski definition) is 2. The largest absolute Gasteiger partial charge is 0.497 e. The molecule has 0 radical (unpaired) electrons. The molecule has 0 aliphatic carbocycles. The molecule has 5 rings (SSSR count). The number of aromatic nitrogens is 5. The number of nitrogens with one attached hydrogen (secondary N) is 1. The summed E-state index contributed by atoms with van der Waals surface area (Å²) < 4.78 is 12.5. The molecule has 0 unspecified atom stereocenters. The van der Waals surface area contributed by atoms with Crippen molar-refractivity contribution in [2.24, 2.45) is 0 Å². The van der Waals surface area contributed by atoms with Gasteiger partial charge in [-0.1, -0.05) is 23.9 Å². The molecule has 43 heavy (non-hydrogen) atoms. The molecule has 2 N–H and O–H groups in total. The number of nitrogens with zero attached hydrogens (tertiary/aromatic N) is 6. The predicted octanol–water partition coefficient (Wildman–Crippen LogP) is 5.01. The standard InChI is InChI=1S/C30H35N7O5S/c1-29(2,3)42-28(40)34-30(4)12-15-36(16-13-30)22-17-32-24-25(33-22)37(18-19-8-10-20(41-5)11-9-19)35-26(24)43-21-7-6-14-31-23(21)27(38)39/h6-11,14,17H,12-13,15-16,18H2,1-5H3,(H,34,40)(H,38,39). The first-order chi connectivity index (χ1) is 20.4. The van der Waals surface area contributed by atoms with Crippen LogP contribution in [0, 0.1) is 0 Å². The van der Waals surface area contributed by atoms with Gasteiger partial charge in [-0.15, -0.1) is 0 Å². The Labute approximate surface area is 253 Å². The number of anilines is 1. The monoisotopic (exact) mass is 605 g/mol. The first-order valence-electron chi connectivity index (χ1n) is 13.9. The number of ether oxygens (including phenoxy) is 2. The summed E-state index contributed by atoms with van der Waals surface area (Å²) in [6.45, 7) is 9.32. The molecule has 1 saturated heterocycles. The van der Waals surface area contributed by atoms with Crippen LogP contribution in [-0.2, 0) is 11.3 Å². The van der Waals surface area contributed by atoms with Crippen LogP contribution < -0.4 is 15.0 Å². The van der Waals surface area contributed by atoms with E-state index in [-0.39, 0.29) is 5.69 Å². The summed E-state index contributed by atoms with van der Waals surface area (Å²) in [6.07, 6.45) is 4.16. The molecule has 4 aromatic rings. The van der Waals surface area contributed by atoms with Crippen LogP contribution in [0.15, 0.2) is 58.7 Å². The van der Waals surface area contributed by atoms with Gasteiger partial charge in [0.1, 0.15) is 22.7 Å². The van der Waals surface area contributed by atoms with Crippen molar-refractivity contribution in [1.82, 2.24) is 30.0 Å². The van der Waals surface area contributed by atoms with Gasteiger partial charge in [-0.3, -0.25) is 0 Å². The summed E-state index contributed by atoms with van der Waals surface area (Å²) in [4.78, 5) is 40.6. The Morgan fingerprint density at radius 2 is 1.84 bits per heavy atom. The highest BCUT2D eigenvalue weighted by Crippen LogP contribution is 2.34. The molecular weight excluding hydrogens is 570 g/mol. The minimum atomic E-state index is -1.11. The fourth-order valence-electron chi connectivity index (χ4n) is 4.78. The fourth-order valence-corrected chi connectivity index (χ4v) is 5.75. The molecule has 12 nitrogen and oxygen atoms in total. The Hall–Kier alpha value is -4.39. The lowest BCUT2D eigenvalue weighted by atomic mass is 9.90. The maximum absolute atomic E-state index is 12.4. The number of aromatic carboxylic acids is 1. The number of fused-ring (bicyclic) bond motifs is 1. The van der Waals surface area contributed by atoms with Crippen LogP contribution in [0.5, 0.6) is 5.75 Å². The summed E-state index contributed by atoms with van der Waals surface area (Å²) in [5.74, 6) is 0.340. The number of piperidine rings is 1. The number of carbonyl (C=O) groups is 2. The number of alkyl carbamates (subject to hydrolysis) is 1. The SMILES string of the molecule is COc1ccc(Cn2nc(Sc3cccnc3C(=O)O)c3ncc(N4CCC(C)(NC(=O)OC(C)(C)C)CC4)nc32)cc1. The van der Waals surface area contributed by atoms with Crippen molar-refractivity contribution in [3.05, 3.63) is 60.0 Å². The average molecular weight is 606 g/mol. The lowest BCUT2D eigenvalue weighted by Crippen LogP contribution is -2.54. The van der Waals surface area contributed by atoms with Crippen LogP contribution in [0.1, 0.15) is 56.6 Å². The highest BCUT2D eigenvalue weighted by Gasteiger charge is 2.34. The third kappa shape index (κ3) is 7.16. The van der Waals surface area contributed by atoms with Crippen LogP contribution in [-0.4, -0.2) is 73.2 Å². The van der Waals surface area contributed by atoms with E-state index in [1.807, 2.05) is 52.0 Å². The molecular formula is C30H35N7O5S. The van der Waals surface area contributed by atoms with Crippen molar-refractivity contribution in [1.29, 1.82) is 0 Å². The molecule has 13 heteroatoms. The zero-order valence-corrected chi connectivity index (χ0v) is 25.6. The summed E-state index contributed by atoms with van der Waals surface area (Å²) in [7, 11) is 1.62. The van der Waals surface area contributed by atoms with E-state index in [2.05, 4.69) is 15.2 Å². The maximum Gasteiger partial charge on any atom is 0.408 e. The maximum atomic E-state index is 12.4. The average Bonchev–Trinajstić information content (AvgIpc) is 3.28. The second-order valence-corrected chi connectivity index (χ2v) is 12.7.